The third-order valence-electron chi connectivity index (χ3n) is 2.93. The van der Waals surface area contributed by atoms with Crippen LogP contribution in [0.25, 0.3) is 0 Å². The zero-order valence-electron chi connectivity index (χ0n) is 11.5. The Morgan fingerprint density at radius 2 is 2.25 bits per heavy atom. The minimum Gasteiger partial charge on any atom is -0.309 e. The van der Waals surface area contributed by atoms with E-state index >= 15 is 0 Å². The molecule has 0 saturated heterocycles. The highest BCUT2D eigenvalue weighted by Gasteiger charge is 2.19. The van der Waals surface area contributed by atoms with Gasteiger partial charge in [0, 0.05) is 18.0 Å². The summed E-state index contributed by atoms with van der Waals surface area (Å²) in [6.07, 6.45) is 1.41. The van der Waals surface area contributed by atoms with Gasteiger partial charge in [-0.05, 0) is 24.2 Å². The second-order valence-electron chi connectivity index (χ2n) is 4.55. The smallest absolute Gasteiger partial charge is 0.176 e. The number of aryl methyl sites for hydroxylation is 1. The minimum absolute atomic E-state index is 0.123. The molecule has 2 rings (SSSR count). The molecule has 1 aromatic carbocycles. The zero-order chi connectivity index (χ0) is 14.5. The summed E-state index contributed by atoms with van der Waals surface area (Å²) in [5.74, 6) is 0.173. The summed E-state index contributed by atoms with van der Waals surface area (Å²) in [6, 6.07) is 4.78. The Kier molecular flexibility index (Phi) is 5.03. The highest BCUT2D eigenvalue weighted by molar-refractivity contribution is 6.30. The quantitative estimate of drug-likeness (QED) is 0.889. The van der Waals surface area contributed by atoms with Crippen molar-refractivity contribution in [3.8, 4) is 0 Å². The van der Waals surface area contributed by atoms with Gasteiger partial charge in [-0.2, -0.15) is 4.80 Å². The van der Waals surface area contributed by atoms with E-state index in [2.05, 4.69) is 27.7 Å². The third kappa shape index (κ3) is 3.52. The lowest BCUT2D eigenvalue weighted by Crippen LogP contribution is -2.25. The molecule has 0 radical (unpaired) electrons. The number of hydrogen-bond acceptors (Lipinski definition) is 4. The highest BCUT2D eigenvalue weighted by Crippen LogP contribution is 2.25. The molecule has 0 amide bonds. The number of rotatable bonds is 6. The van der Waals surface area contributed by atoms with Gasteiger partial charge in [0.1, 0.15) is 5.82 Å². The molecule has 2 aromatic rings. The molecule has 0 saturated carbocycles. The van der Waals surface area contributed by atoms with Crippen LogP contribution in [0, 0.1) is 5.82 Å². The van der Waals surface area contributed by atoms with Gasteiger partial charge in [0.25, 0.3) is 0 Å². The largest absolute Gasteiger partial charge is 0.309 e. The summed E-state index contributed by atoms with van der Waals surface area (Å²) in [6.45, 7) is 2.83. The lowest BCUT2D eigenvalue weighted by molar-refractivity contribution is 0.488. The normalized spacial score (nSPS) is 12.6. The van der Waals surface area contributed by atoms with E-state index in [1.807, 2.05) is 0 Å². The van der Waals surface area contributed by atoms with Gasteiger partial charge in [-0.15, -0.1) is 10.2 Å². The predicted molar refractivity (Wildman–Crippen MR) is 74.9 cm³/mol. The number of halogens is 2. The molecule has 0 bridgehead atoms. The molecule has 0 aliphatic rings. The third-order valence-corrected chi connectivity index (χ3v) is 3.23. The number of nitrogens with one attached hydrogen (secondary N) is 1. The molecule has 0 aliphatic carbocycles. The number of nitrogens with zero attached hydrogens (tertiary/aromatic N) is 4. The molecule has 0 fully saturated rings. The van der Waals surface area contributed by atoms with Crippen molar-refractivity contribution in [2.24, 2.45) is 7.05 Å². The van der Waals surface area contributed by atoms with Crippen LogP contribution in [0.2, 0.25) is 5.02 Å². The molecule has 1 atom stereocenters. The van der Waals surface area contributed by atoms with Crippen LogP contribution in [0.15, 0.2) is 18.2 Å². The Morgan fingerprint density at radius 3 is 2.90 bits per heavy atom. The molecule has 1 heterocycles. The van der Waals surface area contributed by atoms with E-state index in [1.54, 1.807) is 19.2 Å². The van der Waals surface area contributed by atoms with E-state index in [-0.39, 0.29) is 11.1 Å². The van der Waals surface area contributed by atoms with Crippen molar-refractivity contribution >= 4 is 11.6 Å². The first-order valence-electron chi connectivity index (χ1n) is 6.52. The average Bonchev–Trinajstić information content (AvgIpc) is 2.83. The van der Waals surface area contributed by atoms with Crippen molar-refractivity contribution in [3.05, 3.63) is 40.4 Å². The topological polar surface area (TPSA) is 55.6 Å². The maximum absolute atomic E-state index is 14.2. The van der Waals surface area contributed by atoms with Crippen molar-refractivity contribution in [3.63, 3.8) is 0 Å². The summed E-state index contributed by atoms with van der Waals surface area (Å²) in [4.78, 5) is 1.39. The van der Waals surface area contributed by atoms with Crippen molar-refractivity contribution in [1.29, 1.82) is 0 Å². The predicted octanol–water partition coefficient (Wildman–Crippen LogP) is 2.29. The Labute approximate surface area is 122 Å². The van der Waals surface area contributed by atoms with Crippen molar-refractivity contribution < 1.29 is 4.39 Å². The standard InChI is InChI=1S/C13H17ClFN5/c1-3-7-16-11(8-12-17-19-20(2)18-12)9-5-4-6-10(14)13(9)15/h4-6,11,16H,3,7-8H2,1-2H3. The Hall–Kier alpha value is -1.53. The Bertz CT molecular complexity index is 572. The fourth-order valence-corrected chi connectivity index (χ4v) is 2.17. The maximum atomic E-state index is 14.2. The first-order valence-corrected chi connectivity index (χ1v) is 6.89. The summed E-state index contributed by atoms with van der Waals surface area (Å²) >= 11 is 5.85. The Morgan fingerprint density at radius 1 is 1.45 bits per heavy atom. The van der Waals surface area contributed by atoms with Gasteiger partial charge in [-0.25, -0.2) is 4.39 Å². The highest BCUT2D eigenvalue weighted by atomic mass is 35.5. The van der Waals surface area contributed by atoms with Crippen molar-refractivity contribution in [1.82, 2.24) is 25.5 Å². The first-order chi connectivity index (χ1) is 9.61. The van der Waals surface area contributed by atoms with Gasteiger partial charge in [-0.1, -0.05) is 30.7 Å². The summed E-state index contributed by atoms with van der Waals surface area (Å²) in [5, 5.41) is 15.3. The minimum atomic E-state index is -0.397. The van der Waals surface area contributed by atoms with Crippen LogP contribution in [0.4, 0.5) is 4.39 Å². The fourth-order valence-electron chi connectivity index (χ4n) is 1.99. The molecule has 7 heteroatoms. The summed E-state index contributed by atoms with van der Waals surface area (Å²) < 4.78 is 14.2. The van der Waals surface area contributed by atoms with E-state index in [4.69, 9.17) is 11.6 Å². The molecule has 0 spiro atoms. The molecule has 1 unspecified atom stereocenters. The lowest BCUT2D eigenvalue weighted by Gasteiger charge is -2.18. The van der Waals surface area contributed by atoms with Gasteiger partial charge in [0.05, 0.1) is 12.1 Å². The van der Waals surface area contributed by atoms with Gasteiger partial charge in [-0.3, -0.25) is 0 Å². The van der Waals surface area contributed by atoms with Crippen LogP contribution in [0.1, 0.15) is 30.8 Å². The molecule has 1 N–H and O–H groups in total. The Balaban J connectivity index is 2.24. The van der Waals surface area contributed by atoms with E-state index < -0.39 is 5.82 Å². The van der Waals surface area contributed by atoms with Crippen molar-refractivity contribution in [2.75, 3.05) is 6.54 Å². The van der Waals surface area contributed by atoms with Gasteiger partial charge in [0.2, 0.25) is 0 Å². The van der Waals surface area contributed by atoms with Crippen LogP contribution >= 0.6 is 11.6 Å². The summed E-state index contributed by atoms with van der Waals surface area (Å²) in [7, 11) is 1.70. The van der Waals surface area contributed by atoms with E-state index in [9.17, 15) is 4.39 Å². The van der Waals surface area contributed by atoms with Crippen LogP contribution in [-0.4, -0.2) is 26.8 Å². The number of hydrogen-bond donors (Lipinski definition) is 1. The second kappa shape index (κ2) is 6.76. The maximum Gasteiger partial charge on any atom is 0.176 e. The summed E-state index contributed by atoms with van der Waals surface area (Å²) in [5.41, 5.74) is 0.526. The van der Waals surface area contributed by atoms with Gasteiger partial charge >= 0.3 is 0 Å². The van der Waals surface area contributed by atoms with Gasteiger partial charge in [0.15, 0.2) is 5.82 Å². The SMILES string of the molecule is CCCNC(Cc1nnn(C)n1)c1cccc(Cl)c1F. The molecule has 0 aliphatic heterocycles. The molecular formula is C13H17ClFN5. The number of benzene rings is 1. The van der Waals surface area contributed by atoms with Crippen LogP contribution in [0.3, 0.4) is 0 Å². The first kappa shape index (κ1) is 14.9. The van der Waals surface area contributed by atoms with Crippen LogP contribution < -0.4 is 5.32 Å². The lowest BCUT2D eigenvalue weighted by atomic mass is 10.0. The molecule has 5 nitrogen and oxygen atoms in total. The molecular weight excluding hydrogens is 281 g/mol. The second-order valence-corrected chi connectivity index (χ2v) is 4.96. The molecule has 20 heavy (non-hydrogen) atoms. The zero-order valence-corrected chi connectivity index (χ0v) is 12.2. The van der Waals surface area contributed by atoms with Crippen LogP contribution in [0.5, 0.6) is 0 Å². The average molecular weight is 298 g/mol. The monoisotopic (exact) mass is 297 g/mol. The molecule has 108 valence electrons. The number of tetrazole rings is 1. The van der Waals surface area contributed by atoms with E-state index in [1.165, 1.54) is 10.9 Å². The van der Waals surface area contributed by atoms with E-state index in [0.29, 0.717) is 17.8 Å². The van der Waals surface area contributed by atoms with Crippen LogP contribution in [-0.2, 0) is 13.5 Å². The molecule has 1 aromatic heterocycles. The van der Waals surface area contributed by atoms with Gasteiger partial charge < -0.3 is 5.32 Å². The van der Waals surface area contributed by atoms with Crippen molar-refractivity contribution in [2.45, 2.75) is 25.8 Å². The number of aromatic nitrogens is 4. The fraction of sp³-hybridized carbons (Fsp3) is 0.462. The van der Waals surface area contributed by atoms with E-state index in [0.717, 1.165) is 13.0 Å².